The molecule has 1 atom stereocenters. The lowest BCUT2D eigenvalue weighted by atomic mass is 10.1. The van der Waals surface area contributed by atoms with Crippen molar-refractivity contribution >= 4 is 33.5 Å². The molecule has 0 spiro atoms. The van der Waals surface area contributed by atoms with E-state index in [1.165, 1.54) is 6.20 Å². The molecule has 0 aliphatic carbocycles. The number of nitrogens with zero attached hydrogens (tertiary/aromatic N) is 1. The number of pyridine rings is 1. The highest BCUT2D eigenvalue weighted by atomic mass is 79.9. The number of aromatic nitrogens is 1. The van der Waals surface area contributed by atoms with E-state index in [9.17, 15) is 9.59 Å². The number of carbonyl (C=O) groups excluding carboxylic acids is 1. The van der Waals surface area contributed by atoms with E-state index >= 15 is 0 Å². The zero-order valence-corrected chi connectivity index (χ0v) is 10.5. The molecule has 4 N–H and O–H groups in total. The number of anilines is 1. The number of nitrogens with one attached hydrogen (secondary N) is 1. The number of hydrogen-bond acceptors (Lipinski definition) is 4. The molecule has 0 aliphatic heterocycles. The summed E-state index contributed by atoms with van der Waals surface area (Å²) in [5, 5.41) is 11.0. The molecule has 0 saturated carbocycles. The number of amides is 1. The average Bonchev–Trinajstić information content (AvgIpc) is 2.25. The van der Waals surface area contributed by atoms with Crippen LogP contribution in [0.15, 0.2) is 22.9 Å². The maximum absolute atomic E-state index is 11.6. The monoisotopic (exact) mass is 301 g/mol. The first-order valence-corrected chi connectivity index (χ1v) is 5.67. The molecule has 0 saturated heterocycles. The van der Waals surface area contributed by atoms with E-state index in [2.05, 4.69) is 26.2 Å². The standard InChI is InChI=1S/C10H12BrN3O3/c11-6-3-7(5-13-4-6)14-10(17)8(12)1-2-9(15)16/h3-5,8H,1-2,12H2,(H,14,17)(H,15,16). The Hall–Kier alpha value is -1.47. The van der Waals surface area contributed by atoms with Gasteiger partial charge in [0.1, 0.15) is 0 Å². The Morgan fingerprint density at radius 1 is 1.53 bits per heavy atom. The summed E-state index contributed by atoms with van der Waals surface area (Å²) in [5.41, 5.74) is 6.05. The fraction of sp³-hybridized carbons (Fsp3) is 0.300. The van der Waals surface area contributed by atoms with Crippen LogP contribution in [-0.2, 0) is 9.59 Å². The van der Waals surface area contributed by atoms with Crippen LogP contribution in [0.25, 0.3) is 0 Å². The summed E-state index contributed by atoms with van der Waals surface area (Å²) in [5.74, 6) is -1.40. The van der Waals surface area contributed by atoms with E-state index in [1.807, 2.05) is 0 Å². The molecular weight excluding hydrogens is 290 g/mol. The first kappa shape index (κ1) is 13.6. The van der Waals surface area contributed by atoms with Gasteiger partial charge < -0.3 is 16.2 Å². The number of carbonyl (C=O) groups is 2. The number of aliphatic carboxylic acids is 1. The van der Waals surface area contributed by atoms with Gasteiger partial charge in [0, 0.05) is 17.1 Å². The van der Waals surface area contributed by atoms with E-state index in [1.54, 1.807) is 12.3 Å². The molecule has 1 rings (SSSR count). The number of carboxylic acids is 1. The van der Waals surface area contributed by atoms with Gasteiger partial charge in [-0.1, -0.05) is 0 Å². The quantitative estimate of drug-likeness (QED) is 0.751. The summed E-state index contributed by atoms with van der Waals surface area (Å²) < 4.78 is 0.731. The maximum atomic E-state index is 11.6. The third-order valence-corrected chi connectivity index (χ3v) is 2.41. The maximum Gasteiger partial charge on any atom is 0.303 e. The van der Waals surface area contributed by atoms with Gasteiger partial charge in [-0.05, 0) is 28.4 Å². The summed E-state index contributed by atoms with van der Waals surface area (Å²) >= 11 is 3.22. The number of rotatable bonds is 5. The molecule has 92 valence electrons. The molecule has 0 aliphatic rings. The second-order valence-corrected chi connectivity index (χ2v) is 4.34. The van der Waals surface area contributed by atoms with E-state index < -0.39 is 17.9 Å². The highest BCUT2D eigenvalue weighted by Gasteiger charge is 2.15. The van der Waals surface area contributed by atoms with Crippen LogP contribution >= 0.6 is 15.9 Å². The molecule has 1 aromatic rings. The van der Waals surface area contributed by atoms with Gasteiger partial charge in [0.05, 0.1) is 17.9 Å². The minimum absolute atomic E-state index is 0.0998. The lowest BCUT2D eigenvalue weighted by Gasteiger charge is -2.10. The molecule has 6 nitrogen and oxygen atoms in total. The van der Waals surface area contributed by atoms with Gasteiger partial charge >= 0.3 is 5.97 Å². The molecule has 0 radical (unpaired) electrons. The highest BCUT2D eigenvalue weighted by molar-refractivity contribution is 9.10. The van der Waals surface area contributed by atoms with E-state index in [4.69, 9.17) is 10.8 Å². The molecule has 1 amide bonds. The topological polar surface area (TPSA) is 105 Å². The van der Waals surface area contributed by atoms with Crippen molar-refractivity contribution in [2.24, 2.45) is 5.73 Å². The largest absolute Gasteiger partial charge is 0.481 e. The molecule has 17 heavy (non-hydrogen) atoms. The molecule has 0 aromatic carbocycles. The van der Waals surface area contributed by atoms with Crippen LogP contribution in [0.5, 0.6) is 0 Å². The van der Waals surface area contributed by atoms with Crippen molar-refractivity contribution in [1.29, 1.82) is 0 Å². The van der Waals surface area contributed by atoms with Gasteiger partial charge in [-0.2, -0.15) is 0 Å². The number of nitrogens with two attached hydrogens (primary N) is 1. The molecular formula is C10H12BrN3O3. The molecule has 7 heteroatoms. The van der Waals surface area contributed by atoms with Gasteiger partial charge in [0.25, 0.3) is 0 Å². The summed E-state index contributed by atoms with van der Waals surface area (Å²) in [6, 6.07) is 0.833. The number of hydrogen-bond donors (Lipinski definition) is 3. The summed E-state index contributed by atoms with van der Waals surface area (Å²) in [7, 11) is 0. The fourth-order valence-electron chi connectivity index (χ4n) is 1.13. The van der Waals surface area contributed by atoms with Gasteiger partial charge in [0.2, 0.25) is 5.91 Å². The molecule has 0 fully saturated rings. The summed E-state index contributed by atoms with van der Waals surface area (Å²) in [6.07, 6.45) is 3.03. The lowest BCUT2D eigenvalue weighted by molar-refractivity contribution is -0.137. The Labute approximate surface area is 106 Å². The average molecular weight is 302 g/mol. The second-order valence-electron chi connectivity index (χ2n) is 3.42. The van der Waals surface area contributed by atoms with Crippen LogP contribution in [0.2, 0.25) is 0 Å². The summed E-state index contributed by atoms with van der Waals surface area (Å²) in [4.78, 5) is 25.8. The van der Waals surface area contributed by atoms with Gasteiger partial charge in [-0.15, -0.1) is 0 Å². The smallest absolute Gasteiger partial charge is 0.303 e. The lowest BCUT2D eigenvalue weighted by Crippen LogP contribution is -2.36. The SMILES string of the molecule is NC(CCC(=O)O)C(=O)Nc1cncc(Br)c1. The fourth-order valence-corrected chi connectivity index (χ4v) is 1.49. The summed E-state index contributed by atoms with van der Waals surface area (Å²) in [6.45, 7) is 0. The molecule has 0 bridgehead atoms. The van der Waals surface area contributed by atoms with Crippen molar-refractivity contribution in [3.8, 4) is 0 Å². The van der Waals surface area contributed by atoms with Gasteiger partial charge in [0.15, 0.2) is 0 Å². The van der Waals surface area contributed by atoms with Crippen molar-refractivity contribution in [3.63, 3.8) is 0 Å². The molecule has 1 unspecified atom stereocenters. The Morgan fingerprint density at radius 2 is 2.24 bits per heavy atom. The van der Waals surface area contributed by atoms with E-state index in [0.29, 0.717) is 5.69 Å². The Kier molecular flexibility index (Phi) is 5.05. The molecule has 1 aromatic heterocycles. The zero-order chi connectivity index (χ0) is 12.8. The first-order chi connectivity index (χ1) is 7.99. The third kappa shape index (κ3) is 4.92. The Bertz CT molecular complexity index is 425. The Balaban J connectivity index is 2.51. The number of carboxylic acid groups (broad SMARTS) is 1. The highest BCUT2D eigenvalue weighted by Crippen LogP contribution is 2.13. The van der Waals surface area contributed by atoms with Crippen LogP contribution in [0.3, 0.4) is 0 Å². The normalized spacial score (nSPS) is 11.9. The molecule has 1 heterocycles. The van der Waals surface area contributed by atoms with Crippen molar-refractivity contribution in [2.75, 3.05) is 5.32 Å². The predicted molar refractivity (Wildman–Crippen MR) is 65.4 cm³/mol. The van der Waals surface area contributed by atoms with E-state index in [0.717, 1.165) is 4.47 Å². The van der Waals surface area contributed by atoms with Crippen LogP contribution in [0, 0.1) is 0 Å². The minimum atomic E-state index is -0.975. The van der Waals surface area contributed by atoms with Crippen molar-refractivity contribution in [2.45, 2.75) is 18.9 Å². The first-order valence-electron chi connectivity index (χ1n) is 4.88. The van der Waals surface area contributed by atoms with Gasteiger partial charge in [-0.3, -0.25) is 14.6 Å². The second kappa shape index (κ2) is 6.31. The van der Waals surface area contributed by atoms with Crippen LogP contribution in [-0.4, -0.2) is 28.0 Å². The van der Waals surface area contributed by atoms with E-state index in [-0.39, 0.29) is 12.8 Å². The number of halogens is 1. The van der Waals surface area contributed by atoms with Crippen LogP contribution in [0.1, 0.15) is 12.8 Å². The van der Waals surface area contributed by atoms with Crippen LogP contribution in [0.4, 0.5) is 5.69 Å². The van der Waals surface area contributed by atoms with Crippen molar-refractivity contribution in [1.82, 2.24) is 4.98 Å². The van der Waals surface area contributed by atoms with Crippen molar-refractivity contribution in [3.05, 3.63) is 22.9 Å². The Morgan fingerprint density at radius 3 is 2.82 bits per heavy atom. The van der Waals surface area contributed by atoms with Gasteiger partial charge in [-0.25, -0.2) is 0 Å². The van der Waals surface area contributed by atoms with Crippen LogP contribution < -0.4 is 11.1 Å². The third-order valence-electron chi connectivity index (χ3n) is 1.98. The minimum Gasteiger partial charge on any atom is -0.481 e. The van der Waals surface area contributed by atoms with Crippen molar-refractivity contribution < 1.29 is 14.7 Å². The zero-order valence-electron chi connectivity index (χ0n) is 8.89. The predicted octanol–water partition coefficient (Wildman–Crippen LogP) is 0.975.